The molecule has 0 saturated carbocycles. The van der Waals surface area contributed by atoms with Gasteiger partial charge in [0.1, 0.15) is 10.6 Å². The van der Waals surface area contributed by atoms with Gasteiger partial charge in [-0.3, -0.25) is 0 Å². The summed E-state index contributed by atoms with van der Waals surface area (Å²) in [5.74, 6) is 1.54. The minimum atomic E-state index is 0.232. The second-order valence-corrected chi connectivity index (χ2v) is 5.22. The molecule has 0 aliphatic rings. The number of thiophene rings is 1. The van der Waals surface area contributed by atoms with Crippen LogP contribution in [0.4, 0.5) is 5.95 Å². The summed E-state index contributed by atoms with van der Waals surface area (Å²) in [4.78, 5) is 9.21. The van der Waals surface area contributed by atoms with Crippen LogP contribution in [0.2, 0.25) is 0 Å². The van der Waals surface area contributed by atoms with Crippen molar-refractivity contribution in [2.75, 3.05) is 5.73 Å². The maximum absolute atomic E-state index is 5.92. The van der Waals surface area contributed by atoms with Crippen LogP contribution in [0.25, 0.3) is 10.2 Å². The molecular weight excluding hydrogens is 258 g/mol. The van der Waals surface area contributed by atoms with Gasteiger partial charge in [0.05, 0.1) is 5.39 Å². The fourth-order valence-corrected chi connectivity index (χ4v) is 2.62. The number of hydrogen-bond donors (Lipinski definition) is 1. The average molecular weight is 271 g/mol. The highest BCUT2D eigenvalue weighted by Gasteiger charge is 2.11. The molecule has 0 spiro atoms. The number of hydrogen-bond acceptors (Lipinski definition) is 5. The Morgan fingerprint density at radius 2 is 2.00 bits per heavy atom. The molecule has 2 heterocycles. The number of nitrogens with two attached hydrogens (primary N) is 1. The van der Waals surface area contributed by atoms with Gasteiger partial charge in [0.25, 0.3) is 0 Å². The molecule has 2 aromatic heterocycles. The summed E-state index contributed by atoms with van der Waals surface area (Å²) in [5, 5.41) is 2.84. The fraction of sp³-hybridized carbons (Fsp3) is 0.143. The van der Waals surface area contributed by atoms with E-state index in [1.165, 1.54) is 16.9 Å². The Balaban J connectivity index is 2.10. The zero-order valence-electron chi connectivity index (χ0n) is 10.7. The Labute approximate surface area is 114 Å². The first-order chi connectivity index (χ1) is 9.15. The molecule has 0 saturated heterocycles. The van der Waals surface area contributed by atoms with Crippen LogP contribution < -0.4 is 10.5 Å². The molecule has 4 nitrogen and oxygen atoms in total. The van der Waals surface area contributed by atoms with Crippen molar-refractivity contribution in [3.05, 3.63) is 40.8 Å². The van der Waals surface area contributed by atoms with E-state index < -0.39 is 0 Å². The number of ether oxygens (including phenoxy) is 1. The smallest absolute Gasteiger partial charge is 0.232 e. The maximum Gasteiger partial charge on any atom is 0.232 e. The summed E-state index contributed by atoms with van der Waals surface area (Å²) in [6, 6.07) is 7.89. The Morgan fingerprint density at radius 3 is 2.84 bits per heavy atom. The topological polar surface area (TPSA) is 61.0 Å². The second-order valence-electron chi connectivity index (χ2n) is 4.33. The molecule has 5 heteroatoms. The molecule has 1 aromatic carbocycles. The molecule has 0 atom stereocenters. The summed E-state index contributed by atoms with van der Waals surface area (Å²) in [5.41, 5.74) is 7.99. The number of fused-ring (bicyclic) bond motifs is 1. The molecule has 19 heavy (non-hydrogen) atoms. The highest BCUT2D eigenvalue weighted by molar-refractivity contribution is 7.16. The van der Waals surface area contributed by atoms with Crippen LogP contribution in [0.5, 0.6) is 11.6 Å². The zero-order chi connectivity index (χ0) is 13.4. The number of benzene rings is 1. The van der Waals surface area contributed by atoms with Crippen LogP contribution in [-0.2, 0) is 0 Å². The minimum Gasteiger partial charge on any atom is -0.438 e. The predicted octanol–water partition coefficient (Wildman–Crippen LogP) is 3.68. The molecule has 0 fully saturated rings. The van der Waals surface area contributed by atoms with E-state index in [0.717, 1.165) is 21.5 Å². The Hall–Kier alpha value is -2.14. The van der Waals surface area contributed by atoms with Gasteiger partial charge in [0, 0.05) is 0 Å². The van der Waals surface area contributed by atoms with Crippen molar-refractivity contribution in [2.45, 2.75) is 13.8 Å². The van der Waals surface area contributed by atoms with E-state index in [1.54, 1.807) is 0 Å². The highest BCUT2D eigenvalue weighted by Crippen LogP contribution is 2.32. The van der Waals surface area contributed by atoms with E-state index in [4.69, 9.17) is 10.5 Å². The van der Waals surface area contributed by atoms with Crippen LogP contribution in [0, 0.1) is 13.8 Å². The molecule has 3 rings (SSSR count). The summed E-state index contributed by atoms with van der Waals surface area (Å²) in [7, 11) is 0. The van der Waals surface area contributed by atoms with Crippen molar-refractivity contribution < 1.29 is 4.74 Å². The van der Waals surface area contributed by atoms with Crippen LogP contribution in [0.1, 0.15) is 11.1 Å². The Morgan fingerprint density at radius 1 is 1.16 bits per heavy atom. The molecule has 0 radical (unpaired) electrons. The van der Waals surface area contributed by atoms with Crippen molar-refractivity contribution in [1.29, 1.82) is 0 Å². The van der Waals surface area contributed by atoms with E-state index in [9.17, 15) is 0 Å². The largest absolute Gasteiger partial charge is 0.438 e. The third-order valence-corrected chi connectivity index (χ3v) is 3.88. The summed E-state index contributed by atoms with van der Waals surface area (Å²) >= 11 is 1.52. The Bertz CT molecular complexity index is 752. The second kappa shape index (κ2) is 4.51. The lowest BCUT2D eigenvalue weighted by atomic mass is 10.1. The van der Waals surface area contributed by atoms with Gasteiger partial charge in [-0.15, -0.1) is 11.3 Å². The number of nitrogens with zero attached hydrogens (tertiary/aromatic N) is 2. The SMILES string of the molecule is Cc1cccc(Oc2nc(N)nc3sccc23)c1C. The number of nitrogen functional groups attached to an aromatic ring is 1. The van der Waals surface area contributed by atoms with Gasteiger partial charge in [-0.05, 0) is 42.5 Å². The number of anilines is 1. The van der Waals surface area contributed by atoms with Gasteiger partial charge in [-0.1, -0.05) is 12.1 Å². The lowest BCUT2D eigenvalue weighted by molar-refractivity contribution is 0.465. The molecule has 2 N–H and O–H groups in total. The third kappa shape index (κ3) is 2.13. The standard InChI is InChI=1S/C14H13N3OS/c1-8-4-3-5-11(9(8)2)18-12-10-6-7-19-13(10)17-14(15)16-12/h3-7H,1-2H3,(H2,15,16,17). The van der Waals surface area contributed by atoms with Crippen LogP contribution in [0.15, 0.2) is 29.6 Å². The first-order valence-electron chi connectivity index (χ1n) is 5.90. The molecular formula is C14H13N3OS. The molecule has 0 aliphatic heterocycles. The molecule has 0 bridgehead atoms. The molecule has 96 valence electrons. The third-order valence-electron chi connectivity index (χ3n) is 3.07. The maximum atomic E-state index is 5.92. The number of rotatable bonds is 2. The highest BCUT2D eigenvalue weighted by atomic mass is 32.1. The first-order valence-corrected chi connectivity index (χ1v) is 6.78. The van der Waals surface area contributed by atoms with E-state index in [0.29, 0.717) is 5.88 Å². The van der Waals surface area contributed by atoms with Gasteiger partial charge >= 0.3 is 0 Å². The molecule has 0 amide bonds. The number of aromatic nitrogens is 2. The first kappa shape index (κ1) is 11.9. The quantitative estimate of drug-likeness (QED) is 0.772. The number of aryl methyl sites for hydroxylation is 1. The van der Waals surface area contributed by atoms with E-state index in [-0.39, 0.29) is 5.95 Å². The molecule has 3 aromatic rings. The van der Waals surface area contributed by atoms with Gasteiger partial charge in [-0.2, -0.15) is 4.98 Å². The van der Waals surface area contributed by atoms with Gasteiger partial charge in [-0.25, -0.2) is 4.98 Å². The lowest BCUT2D eigenvalue weighted by Gasteiger charge is -2.10. The average Bonchev–Trinajstić information content (AvgIpc) is 2.83. The van der Waals surface area contributed by atoms with E-state index >= 15 is 0 Å². The van der Waals surface area contributed by atoms with Crippen molar-refractivity contribution in [3.63, 3.8) is 0 Å². The van der Waals surface area contributed by atoms with Crippen molar-refractivity contribution in [3.8, 4) is 11.6 Å². The van der Waals surface area contributed by atoms with Crippen molar-refractivity contribution in [2.24, 2.45) is 0 Å². The minimum absolute atomic E-state index is 0.232. The van der Waals surface area contributed by atoms with Gasteiger partial charge < -0.3 is 10.5 Å². The Kier molecular flexibility index (Phi) is 2.83. The summed E-state index contributed by atoms with van der Waals surface area (Å²) < 4.78 is 5.92. The zero-order valence-corrected chi connectivity index (χ0v) is 11.5. The normalized spacial score (nSPS) is 10.8. The summed E-state index contributed by atoms with van der Waals surface area (Å²) in [6.45, 7) is 4.08. The van der Waals surface area contributed by atoms with E-state index in [2.05, 4.69) is 23.0 Å². The lowest BCUT2D eigenvalue weighted by Crippen LogP contribution is -1.98. The van der Waals surface area contributed by atoms with Gasteiger partial charge in [0.15, 0.2) is 0 Å². The van der Waals surface area contributed by atoms with Crippen molar-refractivity contribution >= 4 is 27.5 Å². The van der Waals surface area contributed by atoms with Crippen molar-refractivity contribution in [1.82, 2.24) is 9.97 Å². The van der Waals surface area contributed by atoms with Crippen LogP contribution in [-0.4, -0.2) is 9.97 Å². The molecule has 0 aliphatic carbocycles. The van der Waals surface area contributed by atoms with Crippen LogP contribution >= 0.6 is 11.3 Å². The van der Waals surface area contributed by atoms with E-state index in [1.807, 2.05) is 30.5 Å². The van der Waals surface area contributed by atoms with Crippen LogP contribution in [0.3, 0.4) is 0 Å². The monoisotopic (exact) mass is 271 g/mol. The van der Waals surface area contributed by atoms with Gasteiger partial charge in [0.2, 0.25) is 11.8 Å². The molecule has 0 unspecified atom stereocenters. The summed E-state index contributed by atoms with van der Waals surface area (Å²) in [6.07, 6.45) is 0. The fourth-order valence-electron chi connectivity index (χ4n) is 1.86. The predicted molar refractivity (Wildman–Crippen MR) is 77.8 cm³/mol.